The lowest BCUT2D eigenvalue weighted by Crippen LogP contribution is -2.30. The Labute approximate surface area is 123 Å². The molecule has 0 bridgehead atoms. The quantitative estimate of drug-likeness (QED) is 0.842. The number of benzene rings is 1. The van der Waals surface area contributed by atoms with E-state index in [1.165, 1.54) is 31.0 Å². The standard InChI is InChI=1S/C13H15BrF3NO2/c1-8(7-18-9-2-3-9)19-10-4-5-12(11(14)6-10)20-13(15,16)17/h4-6,8-9,18H,2-3,7H2,1H3. The first-order valence-electron chi connectivity index (χ1n) is 6.29. The van der Waals surface area contributed by atoms with E-state index in [1.807, 2.05) is 6.92 Å². The van der Waals surface area contributed by atoms with Crippen LogP contribution in [0.3, 0.4) is 0 Å². The molecule has 1 aromatic carbocycles. The van der Waals surface area contributed by atoms with Crippen molar-refractivity contribution < 1.29 is 22.6 Å². The van der Waals surface area contributed by atoms with Crippen molar-refractivity contribution in [3.05, 3.63) is 22.7 Å². The molecule has 3 nitrogen and oxygen atoms in total. The molecule has 0 heterocycles. The molecule has 1 aliphatic rings. The summed E-state index contributed by atoms with van der Waals surface area (Å²) >= 11 is 3.04. The first kappa shape index (κ1) is 15.4. The summed E-state index contributed by atoms with van der Waals surface area (Å²) in [4.78, 5) is 0. The second kappa shape index (κ2) is 6.22. The first-order valence-corrected chi connectivity index (χ1v) is 7.08. The lowest BCUT2D eigenvalue weighted by Gasteiger charge is -2.16. The third-order valence-electron chi connectivity index (χ3n) is 2.74. The van der Waals surface area contributed by atoms with Crippen LogP contribution in [0.1, 0.15) is 19.8 Å². The normalized spacial score (nSPS) is 16.9. The van der Waals surface area contributed by atoms with Crippen LogP contribution in [0.15, 0.2) is 22.7 Å². The number of ether oxygens (including phenoxy) is 2. The SMILES string of the molecule is CC(CNC1CC1)Oc1ccc(OC(F)(F)F)c(Br)c1. The fraction of sp³-hybridized carbons (Fsp3) is 0.538. The molecule has 1 saturated carbocycles. The summed E-state index contributed by atoms with van der Waals surface area (Å²) in [5.41, 5.74) is 0. The largest absolute Gasteiger partial charge is 0.573 e. The van der Waals surface area contributed by atoms with Crippen LogP contribution in [0.5, 0.6) is 11.5 Å². The molecular weight excluding hydrogens is 339 g/mol. The van der Waals surface area contributed by atoms with Gasteiger partial charge in [0.1, 0.15) is 17.6 Å². The summed E-state index contributed by atoms with van der Waals surface area (Å²) in [7, 11) is 0. The van der Waals surface area contributed by atoms with Gasteiger partial charge in [0.25, 0.3) is 0 Å². The van der Waals surface area contributed by atoms with Gasteiger partial charge < -0.3 is 14.8 Å². The predicted molar refractivity (Wildman–Crippen MR) is 71.9 cm³/mol. The molecule has 0 amide bonds. The van der Waals surface area contributed by atoms with Crippen LogP contribution in [-0.4, -0.2) is 25.1 Å². The van der Waals surface area contributed by atoms with E-state index in [1.54, 1.807) is 0 Å². The molecule has 1 fully saturated rings. The van der Waals surface area contributed by atoms with Crippen molar-refractivity contribution in [1.29, 1.82) is 0 Å². The minimum Gasteiger partial charge on any atom is -0.489 e. The molecule has 1 unspecified atom stereocenters. The van der Waals surface area contributed by atoms with E-state index in [4.69, 9.17) is 4.74 Å². The summed E-state index contributed by atoms with van der Waals surface area (Å²) in [6, 6.07) is 4.75. The van der Waals surface area contributed by atoms with Crippen molar-refractivity contribution in [2.45, 2.75) is 38.3 Å². The van der Waals surface area contributed by atoms with Crippen molar-refractivity contribution in [3.63, 3.8) is 0 Å². The average molecular weight is 354 g/mol. The van der Waals surface area contributed by atoms with Gasteiger partial charge in [0.05, 0.1) is 4.47 Å². The van der Waals surface area contributed by atoms with Gasteiger partial charge in [0, 0.05) is 12.6 Å². The van der Waals surface area contributed by atoms with Crippen LogP contribution in [-0.2, 0) is 0 Å². The van der Waals surface area contributed by atoms with E-state index in [-0.39, 0.29) is 16.3 Å². The minimum absolute atomic E-state index is 0.0584. The Morgan fingerprint density at radius 1 is 1.40 bits per heavy atom. The molecular formula is C13H15BrF3NO2. The molecule has 0 radical (unpaired) electrons. The number of hydrogen-bond donors (Lipinski definition) is 1. The zero-order valence-electron chi connectivity index (χ0n) is 10.8. The zero-order chi connectivity index (χ0) is 14.8. The molecule has 112 valence electrons. The minimum atomic E-state index is -4.70. The third kappa shape index (κ3) is 5.20. The Morgan fingerprint density at radius 3 is 2.65 bits per heavy atom. The molecule has 0 saturated heterocycles. The molecule has 1 aromatic rings. The van der Waals surface area contributed by atoms with Gasteiger partial charge in [-0.3, -0.25) is 0 Å². The molecule has 20 heavy (non-hydrogen) atoms. The van der Waals surface area contributed by atoms with Crippen molar-refractivity contribution in [2.75, 3.05) is 6.54 Å². The van der Waals surface area contributed by atoms with Gasteiger partial charge in [-0.15, -0.1) is 13.2 Å². The maximum absolute atomic E-state index is 12.1. The monoisotopic (exact) mass is 353 g/mol. The predicted octanol–water partition coefficient (Wildman–Crippen LogP) is 3.87. The number of halogens is 4. The molecule has 0 aromatic heterocycles. The number of hydrogen-bond acceptors (Lipinski definition) is 3. The van der Waals surface area contributed by atoms with Crippen LogP contribution >= 0.6 is 15.9 Å². The summed E-state index contributed by atoms with van der Waals surface area (Å²) in [6.45, 7) is 2.62. The van der Waals surface area contributed by atoms with Crippen LogP contribution < -0.4 is 14.8 Å². The number of alkyl halides is 3. The van der Waals surface area contributed by atoms with E-state index < -0.39 is 6.36 Å². The van der Waals surface area contributed by atoms with Crippen molar-refractivity contribution in [1.82, 2.24) is 5.32 Å². The van der Waals surface area contributed by atoms with Gasteiger partial charge in [-0.2, -0.15) is 0 Å². The second-order valence-electron chi connectivity index (χ2n) is 4.75. The van der Waals surface area contributed by atoms with Crippen molar-refractivity contribution >= 4 is 15.9 Å². The fourth-order valence-corrected chi connectivity index (χ4v) is 2.10. The average Bonchev–Trinajstić information content (AvgIpc) is 3.12. The summed E-state index contributed by atoms with van der Waals surface area (Å²) in [5, 5.41) is 3.32. The molecule has 7 heteroatoms. The Hall–Kier alpha value is -0.950. The van der Waals surface area contributed by atoms with E-state index in [0.717, 1.165) is 0 Å². The van der Waals surface area contributed by atoms with Crippen LogP contribution in [0.4, 0.5) is 13.2 Å². The molecule has 1 N–H and O–H groups in total. The van der Waals surface area contributed by atoms with Crippen LogP contribution in [0.2, 0.25) is 0 Å². The Balaban J connectivity index is 1.90. The van der Waals surface area contributed by atoms with E-state index in [9.17, 15) is 13.2 Å². The van der Waals surface area contributed by atoms with Gasteiger partial charge in [-0.1, -0.05) is 0 Å². The highest BCUT2D eigenvalue weighted by Crippen LogP contribution is 2.33. The zero-order valence-corrected chi connectivity index (χ0v) is 12.4. The second-order valence-corrected chi connectivity index (χ2v) is 5.61. The Morgan fingerprint density at radius 2 is 2.10 bits per heavy atom. The Bertz CT molecular complexity index is 463. The molecule has 1 atom stereocenters. The highest BCUT2D eigenvalue weighted by Gasteiger charge is 2.32. The highest BCUT2D eigenvalue weighted by molar-refractivity contribution is 9.10. The lowest BCUT2D eigenvalue weighted by molar-refractivity contribution is -0.274. The maximum Gasteiger partial charge on any atom is 0.573 e. The molecule has 1 aliphatic carbocycles. The third-order valence-corrected chi connectivity index (χ3v) is 3.36. The van der Waals surface area contributed by atoms with Gasteiger partial charge in [-0.05, 0) is 53.9 Å². The fourth-order valence-electron chi connectivity index (χ4n) is 1.66. The highest BCUT2D eigenvalue weighted by atomic mass is 79.9. The summed E-state index contributed by atoms with van der Waals surface area (Å²) in [6.07, 6.45) is -2.37. The van der Waals surface area contributed by atoms with E-state index >= 15 is 0 Å². The number of rotatable bonds is 6. The van der Waals surface area contributed by atoms with Crippen molar-refractivity contribution in [2.24, 2.45) is 0 Å². The van der Waals surface area contributed by atoms with Gasteiger partial charge >= 0.3 is 6.36 Å². The topological polar surface area (TPSA) is 30.5 Å². The van der Waals surface area contributed by atoms with Gasteiger partial charge in [-0.25, -0.2) is 0 Å². The van der Waals surface area contributed by atoms with E-state index in [0.29, 0.717) is 18.3 Å². The van der Waals surface area contributed by atoms with Crippen LogP contribution in [0, 0.1) is 0 Å². The maximum atomic E-state index is 12.1. The lowest BCUT2D eigenvalue weighted by atomic mass is 10.3. The van der Waals surface area contributed by atoms with Crippen LogP contribution in [0.25, 0.3) is 0 Å². The molecule has 0 spiro atoms. The molecule has 0 aliphatic heterocycles. The van der Waals surface area contributed by atoms with E-state index in [2.05, 4.69) is 26.0 Å². The first-order chi connectivity index (χ1) is 9.33. The smallest absolute Gasteiger partial charge is 0.489 e. The summed E-state index contributed by atoms with van der Waals surface area (Å²) in [5.74, 6) is 0.213. The van der Waals surface area contributed by atoms with Gasteiger partial charge in [0.2, 0.25) is 0 Å². The number of nitrogens with one attached hydrogen (secondary N) is 1. The summed E-state index contributed by atoms with van der Waals surface area (Å²) < 4.78 is 46.1. The molecule has 2 rings (SSSR count). The van der Waals surface area contributed by atoms with Crippen molar-refractivity contribution in [3.8, 4) is 11.5 Å². The van der Waals surface area contributed by atoms with Gasteiger partial charge in [0.15, 0.2) is 0 Å². The Kier molecular flexibility index (Phi) is 4.80.